The van der Waals surface area contributed by atoms with E-state index >= 15 is 0 Å². The highest BCUT2D eigenvalue weighted by Gasteiger charge is 2.26. The molecule has 1 atom stereocenters. The minimum Gasteiger partial charge on any atom is -0.472 e. The maximum Gasteiger partial charge on any atom is 0.222 e. The Kier molecular flexibility index (Phi) is 5.64. The summed E-state index contributed by atoms with van der Waals surface area (Å²) in [6.07, 6.45) is 9.51. The highest BCUT2D eigenvalue weighted by atomic mass is 16.3. The van der Waals surface area contributed by atoms with E-state index in [-0.39, 0.29) is 5.91 Å². The summed E-state index contributed by atoms with van der Waals surface area (Å²) in [4.78, 5) is 20.8. The van der Waals surface area contributed by atoms with Crippen LogP contribution in [0.25, 0.3) is 0 Å². The molecule has 1 aliphatic heterocycles. The summed E-state index contributed by atoms with van der Waals surface area (Å²) in [5.41, 5.74) is 2.32. The van der Waals surface area contributed by atoms with Gasteiger partial charge in [-0.05, 0) is 49.1 Å². The lowest BCUT2D eigenvalue weighted by molar-refractivity contribution is -0.130. The molecule has 1 amide bonds. The van der Waals surface area contributed by atoms with Crippen molar-refractivity contribution in [3.8, 4) is 0 Å². The predicted octanol–water partition coefficient (Wildman–Crippen LogP) is 2.59. The van der Waals surface area contributed by atoms with E-state index in [1.165, 1.54) is 5.56 Å². The van der Waals surface area contributed by atoms with Crippen LogP contribution in [0, 0.1) is 5.92 Å². The summed E-state index contributed by atoms with van der Waals surface area (Å²) in [6.45, 7) is 3.68. The minimum atomic E-state index is 0.258. The Balaban J connectivity index is 1.40. The number of aryl methyl sites for hydroxylation is 1. The Bertz CT molecular complexity index is 627. The molecule has 0 radical (unpaired) electrons. The molecule has 0 aliphatic carbocycles. The lowest BCUT2D eigenvalue weighted by atomic mass is 10.1. The van der Waals surface area contributed by atoms with E-state index in [4.69, 9.17) is 4.42 Å². The van der Waals surface area contributed by atoms with Gasteiger partial charge in [0.1, 0.15) is 0 Å². The number of nitrogens with zero attached hydrogens (tertiary/aromatic N) is 3. The van der Waals surface area contributed by atoms with Crippen LogP contribution in [0.5, 0.6) is 0 Å². The van der Waals surface area contributed by atoms with Crippen molar-refractivity contribution in [3.63, 3.8) is 0 Å². The van der Waals surface area contributed by atoms with Gasteiger partial charge >= 0.3 is 0 Å². The molecule has 0 unspecified atom stereocenters. The van der Waals surface area contributed by atoms with Crippen molar-refractivity contribution < 1.29 is 9.21 Å². The van der Waals surface area contributed by atoms with Crippen LogP contribution in [0.1, 0.15) is 24.0 Å². The number of likely N-dealkylation sites (tertiary alicyclic amines) is 1. The summed E-state index contributed by atoms with van der Waals surface area (Å²) >= 11 is 0. The fourth-order valence-corrected chi connectivity index (χ4v) is 3.36. The van der Waals surface area contributed by atoms with Gasteiger partial charge in [0.05, 0.1) is 12.5 Å². The second-order valence-corrected chi connectivity index (χ2v) is 6.68. The van der Waals surface area contributed by atoms with E-state index in [1.54, 1.807) is 18.7 Å². The summed E-state index contributed by atoms with van der Waals surface area (Å²) in [7, 11) is 2.14. The average Bonchev–Trinajstić information content (AvgIpc) is 3.25. The predicted molar refractivity (Wildman–Crippen MR) is 92.3 cm³/mol. The molecule has 3 rings (SSSR count). The van der Waals surface area contributed by atoms with Gasteiger partial charge in [-0.1, -0.05) is 6.07 Å². The quantitative estimate of drug-likeness (QED) is 0.784. The van der Waals surface area contributed by atoms with Crippen molar-refractivity contribution in [2.24, 2.45) is 5.92 Å². The number of aromatic nitrogens is 1. The van der Waals surface area contributed by atoms with Crippen LogP contribution >= 0.6 is 0 Å². The van der Waals surface area contributed by atoms with Gasteiger partial charge in [-0.2, -0.15) is 0 Å². The molecule has 0 spiro atoms. The topological polar surface area (TPSA) is 49.6 Å². The first-order valence-corrected chi connectivity index (χ1v) is 8.57. The first-order valence-electron chi connectivity index (χ1n) is 8.57. The highest BCUT2D eigenvalue weighted by molar-refractivity contribution is 5.76. The zero-order chi connectivity index (χ0) is 16.8. The fraction of sp³-hybridized carbons (Fsp3) is 0.474. The number of furan rings is 1. The van der Waals surface area contributed by atoms with Crippen LogP contribution < -0.4 is 0 Å². The van der Waals surface area contributed by atoms with Crippen LogP contribution in [0.4, 0.5) is 0 Å². The van der Waals surface area contributed by atoms with Gasteiger partial charge in [0.25, 0.3) is 0 Å². The largest absolute Gasteiger partial charge is 0.472 e. The Morgan fingerprint density at radius 3 is 3.08 bits per heavy atom. The molecule has 24 heavy (non-hydrogen) atoms. The van der Waals surface area contributed by atoms with Crippen molar-refractivity contribution in [2.75, 3.05) is 26.7 Å². The lowest BCUT2D eigenvalue weighted by Gasteiger charge is -2.21. The molecule has 5 nitrogen and oxygen atoms in total. The van der Waals surface area contributed by atoms with Gasteiger partial charge in [-0.3, -0.25) is 9.78 Å². The number of pyridine rings is 1. The second kappa shape index (κ2) is 8.11. The number of hydrogen-bond acceptors (Lipinski definition) is 4. The third kappa shape index (κ3) is 4.68. The van der Waals surface area contributed by atoms with Gasteiger partial charge in [-0.15, -0.1) is 0 Å². The van der Waals surface area contributed by atoms with Crippen LogP contribution in [0.15, 0.2) is 47.5 Å². The molecular formula is C19H25N3O2. The van der Waals surface area contributed by atoms with Crippen molar-refractivity contribution in [2.45, 2.75) is 25.8 Å². The third-order valence-electron chi connectivity index (χ3n) is 4.59. The molecule has 128 valence electrons. The SMILES string of the molecule is CN(Cc1cccnc1)C[C@H]1CCN(C(=O)CCc2ccoc2)C1. The fourth-order valence-electron chi connectivity index (χ4n) is 3.36. The summed E-state index contributed by atoms with van der Waals surface area (Å²) in [5, 5.41) is 0. The second-order valence-electron chi connectivity index (χ2n) is 6.68. The molecule has 3 heterocycles. The third-order valence-corrected chi connectivity index (χ3v) is 4.59. The van der Waals surface area contributed by atoms with Crippen LogP contribution in [-0.4, -0.2) is 47.4 Å². The Morgan fingerprint density at radius 2 is 2.33 bits per heavy atom. The molecule has 1 aliphatic rings. The Hall–Kier alpha value is -2.14. The number of hydrogen-bond donors (Lipinski definition) is 0. The van der Waals surface area contributed by atoms with Crippen LogP contribution in [-0.2, 0) is 17.8 Å². The van der Waals surface area contributed by atoms with E-state index in [2.05, 4.69) is 23.0 Å². The molecular weight excluding hydrogens is 302 g/mol. The van der Waals surface area contributed by atoms with Gasteiger partial charge < -0.3 is 14.2 Å². The smallest absolute Gasteiger partial charge is 0.222 e. The Labute approximate surface area is 143 Å². The zero-order valence-electron chi connectivity index (χ0n) is 14.2. The van der Waals surface area contributed by atoms with Crippen molar-refractivity contribution in [1.29, 1.82) is 0 Å². The normalized spacial score (nSPS) is 17.6. The maximum atomic E-state index is 12.3. The van der Waals surface area contributed by atoms with E-state index in [1.807, 2.05) is 23.2 Å². The van der Waals surface area contributed by atoms with Gasteiger partial charge in [0.2, 0.25) is 5.91 Å². The first kappa shape index (κ1) is 16.7. The monoisotopic (exact) mass is 327 g/mol. The molecule has 5 heteroatoms. The van der Waals surface area contributed by atoms with Gasteiger partial charge in [0.15, 0.2) is 0 Å². The molecule has 0 N–H and O–H groups in total. The highest BCUT2D eigenvalue weighted by Crippen LogP contribution is 2.19. The summed E-state index contributed by atoms with van der Waals surface area (Å²) in [5.74, 6) is 0.818. The molecule has 0 aromatic carbocycles. The molecule has 1 saturated heterocycles. The molecule has 1 fully saturated rings. The first-order chi connectivity index (χ1) is 11.7. The van der Waals surface area contributed by atoms with E-state index in [0.29, 0.717) is 12.3 Å². The van der Waals surface area contributed by atoms with Crippen molar-refractivity contribution in [1.82, 2.24) is 14.8 Å². The van der Waals surface area contributed by atoms with Crippen molar-refractivity contribution >= 4 is 5.91 Å². The van der Waals surface area contributed by atoms with Crippen molar-refractivity contribution in [3.05, 3.63) is 54.2 Å². The molecule has 0 saturated carbocycles. The maximum absolute atomic E-state index is 12.3. The van der Waals surface area contributed by atoms with Gasteiger partial charge in [0, 0.05) is 45.0 Å². The average molecular weight is 327 g/mol. The summed E-state index contributed by atoms with van der Waals surface area (Å²) in [6, 6.07) is 6.00. The lowest BCUT2D eigenvalue weighted by Crippen LogP contribution is -2.31. The molecule has 2 aromatic rings. The summed E-state index contributed by atoms with van der Waals surface area (Å²) < 4.78 is 5.05. The number of carbonyl (C=O) groups is 1. The standard InChI is InChI=1S/C19H25N3O2/c1-21(12-17-3-2-8-20-11-17)13-18-6-9-22(14-18)19(23)5-4-16-7-10-24-15-16/h2-3,7-8,10-11,15,18H,4-6,9,12-14H2,1H3/t18-/m1/s1. The van der Waals surface area contributed by atoms with Crippen LogP contribution in [0.3, 0.4) is 0 Å². The minimum absolute atomic E-state index is 0.258. The Morgan fingerprint density at radius 1 is 1.42 bits per heavy atom. The van der Waals surface area contributed by atoms with E-state index in [0.717, 1.165) is 44.6 Å². The zero-order valence-corrected chi connectivity index (χ0v) is 14.2. The van der Waals surface area contributed by atoms with E-state index < -0.39 is 0 Å². The molecule has 2 aromatic heterocycles. The number of rotatable bonds is 7. The van der Waals surface area contributed by atoms with Gasteiger partial charge in [-0.25, -0.2) is 0 Å². The number of carbonyl (C=O) groups excluding carboxylic acids is 1. The number of amides is 1. The molecule has 0 bridgehead atoms. The van der Waals surface area contributed by atoms with E-state index in [9.17, 15) is 4.79 Å². The van der Waals surface area contributed by atoms with Crippen LogP contribution in [0.2, 0.25) is 0 Å².